The molecule has 0 unspecified atom stereocenters. The van der Waals surface area contributed by atoms with E-state index in [1.54, 1.807) is 54.0 Å². The fourth-order valence-corrected chi connectivity index (χ4v) is 2.21. The molecule has 2 N–H and O–H groups in total. The standard InChI is InChI=1S/C16H11ClN2O3/c17-12-2-1-3-13(8-12)22-14-4-5-15-10(7-14)6-11(9-18-15)16(20)19-21/h1-9,21H,(H,19,20). The van der Waals surface area contributed by atoms with Crippen LogP contribution in [0, 0.1) is 0 Å². The van der Waals surface area contributed by atoms with E-state index in [4.69, 9.17) is 21.5 Å². The van der Waals surface area contributed by atoms with E-state index in [1.807, 2.05) is 0 Å². The van der Waals surface area contributed by atoms with Crippen LogP contribution in [0.5, 0.6) is 11.5 Å². The summed E-state index contributed by atoms with van der Waals surface area (Å²) in [5, 5.41) is 9.98. The lowest BCUT2D eigenvalue weighted by molar-refractivity contribution is 0.0706. The Morgan fingerprint density at radius 1 is 1.14 bits per heavy atom. The zero-order valence-electron chi connectivity index (χ0n) is 11.3. The number of nitrogens with one attached hydrogen (secondary N) is 1. The number of amides is 1. The molecule has 22 heavy (non-hydrogen) atoms. The quantitative estimate of drug-likeness (QED) is 0.570. The fraction of sp³-hybridized carbons (Fsp3) is 0. The maximum atomic E-state index is 11.4. The third kappa shape index (κ3) is 3.00. The molecule has 0 bridgehead atoms. The normalized spacial score (nSPS) is 10.5. The van der Waals surface area contributed by atoms with Gasteiger partial charge in [0, 0.05) is 16.6 Å². The molecule has 0 saturated carbocycles. The molecule has 1 amide bonds. The molecular weight excluding hydrogens is 304 g/mol. The topological polar surface area (TPSA) is 71.5 Å². The number of nitrogens with zero attached hydrogens (tertiary/aromatic N) is 1. The molecule has 110 valence electrons. The van der Waals surface area contributed by atoms with Crippen molar-refractivity contribution in [2.75, 3.05) is 0 Å². The van der Waals surface area contributed by atoms with Crippen LogP contribution in [-0.4, -0.2) is 16.1 Å². The van der Waals surface area contributed by atoms with Crippen molar-refractivity contribution in [2.45, 2.75) is 0 Å². The molecule has 0 aliphatic heterocycles. The van der Waals surface area contributed by atoms with Gasteiger partial charge in [-0.3, -0.25) is 15.0 Å². The van der Waals surface area contributed by atoms with E-state index in [9.17, 15) is 4.79 Å². The fourth-order valence-electron chi connectivity index (χ4n) is 2.03. The van der Waals surface area contributed by atoms with Gasteiger partial charge in [0.15, 0.2) is 0 Å². The van der Waals surface area contributed by atoms with Crippen molar-refractivity contribution in [3.05, 3.63) is 65.3 Å². The second-order valence-corrected chi connectivity index (χ2v) is 5.02. The summed E-state index contributed by atoms with van der Waals surface area (Å²) in [5.74, 6) is 0.595. The first-order chi connectivity index (χ1) is 10.7. The molecule has 2 aromatic carbocycles. The van der Waals surface area contributed by atoms with Crippen molar-refractivity contribution in [1.82, 2.24) is 10.5 Å². The highest BCUT2D eigenvalue weighted by Gasteiger charge is 2.07. The summed E-state index contributed by atoms with van der Waals surface area (Å²) in [6.45, 7) is 0. The molecule has 0 aliphatic rings. The predicted octanol–water partition coefficient (Wildman–Crippen LogP) is 3.80. The van der Waals surface area contributed by atoms with Crippen LogP contribution in [0.1, 0.15) is 10.4 Å². The van der Waals surface area contributed by atoms with Gasteiger partial charge in [0.2, 0.25) is 0 Å². The first-order valence-electron chi connectivity index (χ1n) is 6.43. The largest absolute Gasteiger partial charge is 0.457 e. The number of aromatic nitrogens is 1. The summed E-state index contributed by atoms with van der Waals surface area (Å²) in [5.41, 5.74) is 2.56. The zero-order valence-corrected chi connectivity index (χ0v) is 12.0. The van der Waals surface area contributed by atoms with Gasteiger partial charge >= 0.3 is 0 Å². The van der Waals surface area contributed by atoms with Crippen LogP contribution in [0.4, 0.5) is 0 Å². The van der Waals surface area contributed by atoms with Crippen LogP contribution >= 0.6 is 11.6 Å². The number of pyridine rings is 1. The van der Waals surface area contributed by atoms with Crippen molar-refractivity contribution >= 4 is 28.4 Å². The molecule has 0 spiro atoms. The molecule has 3 rings (SSSR count). The Balaban J connectivity index is 1.95. The van der Waals surface area contributed by atoms with Crippen molar-refractivity contribution in [2.24, 2.45) is 0 Å². The number of carbonyl (C=O) groups is 1. The Morgan fingerprint density at radius 2 is 1.95 bits per heavy atom. The molecule has 0 aliphatic carbocycles. The van der Waals surface area contributed by atoms with Gasteiger partial charge < -0.3 is 4.74 Å². The summed E-state index contributed by atoms with van der Waals surface area (Å²) in [6, 6.07) is 14.0. The lowest BCUT2D eigenvalue weighted by Crippen LogP contribution is -2.18. The van der Waals surface area contributed by atoms with Gasteiger partial charge in [-0.05, 0) is 42.5 Å². The van der Waals surface area contributed by atoms with Gasteiger partial charge in [-0.2, -0.15) is 0 Å². The van der Waals surface area contributed by atoms with Gasteiger partial charge in [0.05, 0.1) is 11.1 Å². The first kappa shape index (κ1) is 14.3. The van der Waals surface area contributed by atoms with Gasteiger partial charge in [0.1, 0.15) is 11.5 Å². The van der Waals surface area contributed by atoms with Crippen LogP contribution in [-0.2, 0) is 0 Å². The van der Waals surface area contributed by atoms with Crippen LogP contribution in [0.2, 0.25) is 5.02 Å². The second-order valence-electron chi connectivity index (χ2n) is 4.58. The van der Waals surface area contributed by atoms with Gasteiger partial charge in [-0.15, -0.1) is 0 Å². The van der Waals surface area contributed by atoms with Crippen molar-refractivity contribution in [3.8, 4) is 11.5 Å². The minimum Gasteiger partial charge on any atom is -0.457 e. The molecule has 1 heterocycles. The van der Waals surface area contributed by atoms with E-state index >= 15 is 0 Å². The van der Waals surface area contributed by atoms with Gasteiger partial charge in [-0.25, -0.2) is 5.48 Å². The van der Waals surface area contributed by atoms with Crippen molar-refractivity contribution in [1.29, 1.82) is 0 Å². The van der Waals surface area contributed by atoms with Crippen molar-refractivity contribution < 1.29 is 14.7 Å². The second kappa shape index (κ2) is 6.01. The predicted molar refractivity (Wildman–Crippen MR) is 82.5 cm³/mol. The number of hydroxylamine groups is 1. The Labute approximate surface area is 131 Å². The number of hydrogen-bond acceptors (Lipinski definition) is 4. The monoisotopic (exact) mass is 314 g/mol. The molecule has 3 aromatic rings. The number of fused-ring (bicyclic) bond motifs is 1. The number of rotatable bonds is 3. The zero-order chi connectivity index (χ0) is 15.5. The number of hydrogen-bond donors (Lipinski definition) is 2. The maximum absolute atomic E-state index is 11.4. The highest BCUT2D eigenvalue weighted by molar-refractivity contribution is 6.30. The number of ether oxygens (including phenoxy) is 1. The average molecular weight is 315 g/mol. The number of benzene rings is 2. The molecule has 1 aromatic heterocycles. The number of carbonyl (C=O) groups excluding carboxylic acids is 1. The van der Waals surface area contributed by atoms with E-state index < -0.39 is 5.91 Å². The Kier molecular flexibility index (Phi) is 3.91. The third-order valence-electron chi connectivity index (χ3n) is 3.05. The van der Waals surface area contributed by atoms with Crippen LogP contribution < -0.4 is 10.2 Å². The van der Waals surface area contributed by atoms with E-state index in [0.717, 1.165) is 5.39 Å². The lowest BCUT2D eigenvalue weighted by Gasteiger charge is -2.07. The lowest BCUT2D eigenvalue weighted by atomic mass is 10.1. The van der Waals surface area contributed by atoms with E-state index in [0.29, 0.717) is 22.0 Å². The minimum atomic E-state index is -0.615. The minimum absolute atomic E-state index is 0.259. The molecular formula is C16H11ClN2O3. The van der Waals surface area contributed by atoms with Gasteiger partial charge in [0.25, 0.3) is 5.91 Å². The first-order valence-corrected chi connectivity index (χ1v) is 6.81. The third-order valence-corrected chi connectivity index (χ3v) is 3.28. The summed E-state index contributed by atoms with van der Waals surface area (Å²) >= 11 is 5.92. The molecule has 0 atom stereocenters. The molecule has 0 radical (unpaired) electrons. The average Bonchev–Trinajstić information content (AvgIpc) is 2.53. The van der Waals surface area contributed by atoms with Crippen molar-refractivity contribution in [3.63, 3.8) is 0 Å². The van der Waals surface area contributed by atoms with E-state index in [2.05, 4.69) is 4.98 Å². The Hall–Kier alpha value is -2.63. The molecule has 5 nitrogen and oxygen atoms in total. The summed E-state index contributed by atoms with van der Waals surface area (Å²) < 4.78 is 5.73. The smallest absolute Gasteiger partial charge is 0.276 e. The highest BCUT2D eigenvalue weighted by Crippen LogP contribution is 2.27. The van der Waals surface area contributed by atoms with Crippen LogP contribution in [0.15, 0.2) is 54.7 Å². The SMILES string of the molecule is O=C(NO)c1cnc2ccc(Oc3cccc(Cl)c3)cc2c1. The van der Waals surface area contributed by atoms with Gasteiger partial charge in [-0.1, -0.05) is 17.7 Å². The Bertz CT molecular complexity index is 852. The number of halogens is 1. The summed E-state index contributed by atoms with van der Waals surface area (Å²) in [4.78, 5) is 15.6. The van der Waals surface area contributed by atoms with E-state index in [-0.39, 0.29) is 5.56 Å². The van der Waals surface area contributed by atoms with E-state index in [1.165, 1.54) is 6.20 Å². The summed E-state index contributed by atoms with van der Waals surface area (Å²) in [7, 11) is 0. The molecule has 0 fully saturated rings. The van der Waals surface area contributed by atoms with Crippen LogP contribution in [0.3, 0.4) is 0 Å². The maximum Gasteiger partial charge on any atom is 0.276 e. The van der Waals surface area contributed by atoms with Crippen LogP contribution in [0.25, 0.3) is 10.9 Å². The molecule has 0 saturated heterocycles. The Morgan fingerprint density at radius 3 is 2.73 bits per heavy atom. The molecule has 6 heteroatoms. The summed E-state index contributed by atoms with van der Waals surface area (Å²) in [6.07, 6.45) is 1.39. The highest BCUT2D eigenvalue weighted by atomic mass is 35.5.